The molecule has 0 amide bonds. The summed E-state index contributed by atoms with van der Waals surface area (Å²) in [6.45, 7) is 6.12. The van der Waals surface area contributed by atoms with E-state index < -0.39 is 0 Å². The number of benzene rings is 1. The molecule has 1 saturated heterocycles. The number of nitrogens with one attached hydrogen (secondary N) is 1. The summed E-state index contributed by atoms with van der Waals surface area (Å²) >= 11 is 3.30. The van der Waals surface area contributed by atoms with Crippen LogP contribution in [0, 0.1) is 5.82 Å². The summed E-state index contributed by atoms with van der Waals surface area (Å²) in [7, 11) is 0. The smallest absolute Gasteiger partial charge is 0.147 e. The number of halogens is 2. The molecule has 1 aromatic carbocycles. The molecule has 0 spiro atoms. The highest BCUT2D eigenvalue weighted by molar-refractivity contribution is 9.10. The summed E-state index contributed by atoms with van der Waals surface area (Å²) in [6, 6.07) is 6.11. The lowest BCUT2D eigenvalue weighted by molar-refractivity contribution is 0.383. The molecule has 2 rings (SSSR count). The van der Waals surface area contributed by atoms with Gasteiger partial charge in [0.05, 0.1) is 5.69 Å². The first kappa shape index (κ1) is 13.8. The van der Waals surface area contributed by atoms with Crippen molar-refractivity contribution in [3.05, 3.63) is 28.5 Å². The fraction of sp³-hybridized carbons (Fsp3) is 0.571. The molecule has 0 bridgehead atoms. The first-order valence-corrected chi connectivity index (χ1v) is 7.36. The summed E-state index contributed by atoms with van der Waals surface area (Å²) in [4.78, 5) is 2.18. The van der Waals surface area contributed by atoms with Gasteiger partial charge in [0.15, 0.2) is 0 Å². The van der Waals surface area contributed by atoms with Gasteiger partial charge < -0.3 is 10.2 Å². The summed E-state index contributed by atoms with van der Waals surface area (Å²) in [5, 5.41) is 3.53. The molecule has 100 valence electrons. The Balaban J connectivity index is 2.18. The molecular formula is C14H20BrFN2. The van der Waals surface area contributed by atoms with Crippen LogP contribution in [0.3, 0.4) is 0 Å². The number of hydrogen-bond acceptors (Lipinski definition) is 2. The lowest BCUT2D eigenvalue weighted by Gasteiger charge is -2.40. The molecule has 18 heavy (non-hydrogen) atoms. The molecule has 4 heteroatoms. The van der Waals surface area contributed by atoms with Crippen LogP contribution in [-0.4, -0.2) is 25.2 Å². The minimum atomic E-state index is -0.145. The third-order valence-corrected chi connectivity index (χ3v) is 4.00. The Labute approximate surface area is 117 Å². The molecule has 0 aliphatic carbocycles. The second-order valence-corrected chi connectivity index (χ2v) is 5.91. The van der Waals surface area contributed by atoms with Crippen molar-refractivity contribution in [3.63, 3.8) is 0 Å². The molecule has 1 aliphatic heterocycles. The fourth-order valence-electron chi connectivity index (χ4n) is 2.52. The van der Waals surface area contributed by atoms with Crippen LogP contribution in [0.1, 0.15) is 26.7 Å². The van der Waals surface area contributed by atoms with Gasteiger partial charge in [-0.05, 0) is 31.5 Å². The van der Waals surface area contributed by atoms with Crippen LogP contribution < -0.4 is 10.2 Å². The molecule has 0 radical (unpaired) electrons. The van der Waals surface area contributed by atoms with E-state index in [0.29, 0.717) is 17.8 Å². The van der Waals surface area contributed by atoms with Gasteiger partial charge in [0.1, 0.15) is 5.82 Å². The molecule has 2 unspecified atom stereocenters. The van der Waals surface area contributed by atoms with Crippen molar-refractivity contribution in [1.82, 2.24) is 5.32 Å². The number of hydrogen-bond donors (Lipinski definition) is 1. The highest BCUT2D eigenvalue weighted by atomic mass is 79.9. The van der Waals surface area contributed by atoms with Gasteiger partial charge in [-0.1, -0.05) is 29.3 Å². The monoisotopic (exact) mass is 314 g/mol. The van der Waals surface area contributed by atoms with Crippen LogP contribution in [0.25, 0.3) is 0 Å². The molecule has 0 aromatic heterocycles. The Morgan fingerprint density at radius 3 is 2.94 bits per heavy atom. The summed E-state index contributed by atoms with van der Waals surface area (Å²) < 4.78 is 14.8. The Hall–Kier alpha value is -0.610. The maximum absolute atomic E-state index is 14.0. The van der Waals surface area contributed by atoms with Gasteiger partial charge in [0.25, 0.3) is 0 Å². The van der Waals surface area contributed by atoms with Gasteiger partial charge in [0.2, 0.25) is 0 Å². The minimum absolute atomic E-state index is 0.145. The number of anilines is 1. The summed E-state index contributed by atoms with van der Waals surface area (Å²) in [5.41, 5.74) is 0.716. The maximum atomic E-state index is 14.0. The van der Waals surface area contributed by atoms with E-state index in [4.69, 9.17) is 0 Å². The first-order chi connectivity index (χ1) is 8.61. The first-order valence-electron chi connectivity index (χ1n) is 6.57. The molecule has 1 aliphatic rings. The van der Waals surface area contributed by atoms with E-state index in [1.807, 2.05) is 12.1 Å². The highest BCUT2D eigenvalue weighted by Gasteiger charge is 2.26. The van der Waals surface area contributed by atoms with Crippen LogP contribution in [0.15, 0.2) is 22.7 Å². The Kier molecular flexibility index (Phi) is 4.62. The van der Waals surface area contributed by atoms with Gasteiger partial charge >= 0.3 is 0 Å². The standard InChI is InChI=1S/C14H20BrFN2/c1-3-4-12-9-18(10(2)8-17-12)14-6-5-11(15)7-13(14)16/h5-7,10,12,17H,3-4,8-9H2,1-2H3. The van der Waals surface area contributed by atoms with Gasteiger partial charge in [-0.25, -0.2) is 4.39 Å². The van der Waals surface area contributed by atoms with Gasteiger partial charge in [0, 0.05) is 29.6 Å². The Morgan fingerprint density at radius 2 is 2.28 bits per heavy atom. The maximum Gasteiger partial charge on any atom is 0.147 e. The molecule has 1 N–H and O–H groups in total. The SMILES string of the molecule is CCCC1CN(c2ccc(Br)cc2F)C(C)CN1. The Morgan fingerprint density at radius 1 is 1.50 bits per heavy atom. The zero-order valence-corrected chi connectivity index (χ0v) is 12.5. The third-order valence-electron chi connectivity index (χ3n) is 3.51. The van der Waals surface area contributed by atoms with Crippen LogP contribution in [0.4, 0.5) is 10.1 Å². The van der Waals surface area contributed by atoms with Gasteiger partial charge in [-0.15, -0.1) is 0 Å². The topological polar surface area (TPSA) is 15.3 Å². The van der Waals surface area contributed by atoms with Crippen LogP contribution >= 0.6 is 15.9 Å². The summed E-state index contributed by atoms with van der Waals surface area (Å²) in [5.74, 6) is -0.145. The van der Waals surface area contributed by atoms with Crippen molar-refractivity contribution < 1.29 is 4.39 Å². The van der Waals surface area contributed by atoms with Gasteiger partial charge in [-0.3, -0.25) is 0 Å². The molecule has 0 saturated carbocycles. The normalized spacial score (nSPS) is 24.3. The second kappa shape index (κ2) is 6.02. The quantitative estimate of drug-likeness (QED) is 0.917. The number of rotatable bonds is 3. The average Bonchev–Trinajstić information content (AvgIpc) is 2.33. The average molecular weight is 315 g/mol. The predicted octanol–water partition coefficient (Wildman–Crippen LogP) is 3.56. The van der Waals surface area contributed by atoms with E-state index in [0.717, 1.165) is 30.4 Å². The van der Waals surface area contributed by atoms with E-state index >= 15 is 0 Å². The fourth-order valence-corrected chi connectivity index (χ4v) is 2.85. The molecule has 1 aromatic rings. The van der Waals surface area contributed by atoms with E-state index in [2.05, 4.69) is 40.0 Å². The lowest BCUT2D eigenvalue weighted by Crippen LogP contribution is -2.55. The van der Waals surface area contributed by atoms with Crippen LogP contribution in [0.2, 0.25) is 0 Å². The second-order valence-electron chi connectivity index (χ2n) is 4.99. The van der Waals surface area contributed by atoms with E-state index in [1.54, 1.807) is 6.07 Å². The molecule has 2 atom stereocenters. The van der Waals surface area contributed by atoms with Crippen molar-refractivity contribution in [2.75, 3.05) is 18.0 Å². The largest absolute Gasteiger partial charge is 0.364 e. The predicted molar refractivity (Wildman–Crippen MR) is 77.6 cm³/mol. The van der Waals surface area contributed by atoms with E-state index in [-0.39, 0.29) is 5.82 Å². The molecule has 2 nitrogen and oxygen atoms in total. The summed E-state index contributed by atoms with van der Waals surface area (Å²) in [6.07, 6.45) is 2.30. The van der Waals surface area contributed by atoms with Crippen molar-refractivity contribution >= 4 is 21.6 Å². The lowest BCUT2D eigenvalue weighted by atomic mass is 10.0. The van der Waals surface area contributed by atoms with Crippen molar-refractivity contribution in [2.45, 2.75) is 38.8 Å². The van der Waals surface area contributed by atoms with Gasteiger partial charge in [-0.2, -0.15) is 0 Å². The molecule has 1 fully saturated rings. The van der Waals surface area contributed by atoms with E-state index in [1.165, 1.54) is 0 Å². The van der Waals surface area contributed by atoms with Crippen molar-refractivity contribution in [3.8, 4) is 0 Å². The highest BCUT2D eigenvalue weighted by Crippen LogP contribution is 2.26. The number of piperazine rings is 1. The zero-order chi connectivity index (χ0) is 13.1. The Bertz CT molecular complexity index is 411. The molecular weight excluding hydrogens is 295 g/mol. The van der Waals surface area contributed by atoms with Crippen LogP contribution in [-0.2, 0) is 0 Å². The zero-order valence-electron chi connectivity index (χ0n) is 10.9. The third kappa shape index (κ3) is 3.04. The number of nitrogens with zero attached hydrogens (tertiary/aromatic N) is 1. The van der Waals surface area contributed by atoms with E-state index in [9.17, 15) is 4.39 Å². The van der Waals surface area contributed by atoms with Crippen molar-refractivity contribution in [1.29, 1.82) is 0 Å². The van der Waals surface area contributed by atoms with Crippen LogP contribution in [0.5, 0.6) is 0 Å². The molecule has 1 heterocycles. The van der Waals surface area contributed by atoms with Crippen molar-refractivity contribution in [2.24, 2.45) is 0 Å². The minimum Gasteiger partial charge on any atom is -0.364 e.